The van der Waals surface area contributed by atoms with E-state index >= 15 is 0 Å². The van der Waals surface area contributed by atoms with Crippen LogP contribution in [0.3, 0.4) is 0 Å². The van der Waals surface area contributed by atoms with Crippen molar-refractivity contribution in [1.29, 1.82) is 5.26 Å². The number of anilines is 1. The molecule has 1 saturated heterocycles. The van der Waals surface area contributed by atoms with E-state index in [4.69, 9.17) is 5.26 Å². The Morgan fingerprint density at radius 1 is 1.08 bits per heavy atom. The van der Waals surface area contributed by atoms with Crippen LogP contribution >= 0.6 is 0 Å². The smallest absolute Gasteiger partial charge is 0.159 e. The van der Waals surface area contributed by atoms with E-state index in [1.54, 1.807) is 0 Å². The van der Waals surface area contributed by atoms with Gasteiger partial charge < -0.3 is 4.90 Å². The Hall–Kier alpha value is -2.91. The maximum Gasteiger partial charge on any atom is 0.159 e. The van der Waals surface area contributed by atoms with Gasteiger partial charge in [0.25, 0.3) is 0 Å². The van der Waals surface area contributed by atoms with Crippen molar-refractivity contribution < 1.29 is 0 Å². The number of benzene rings is 1. The molecule has 0 unspecified atom stereocenters. The topological polar surface area (TPSA) is 61.0 Å². The number of piperazine rings is 1. The molecule has 126 valence electrons. The van der Waals surface area contributed by atoms with Crippen molar-refractivity contribution in [1.82, 2.24) is 19.7 Å². The molecule has 1 fully saturated rings. The molecule has 25 heavy (non-hydrogen) atoms. The van der Waals surface area contributed by atoms with Gasteiger partial charge in [0.2, 0.25) is 0 Å². The first-order chi connectivity index (χ1) is 12.2. The Morgan fingerprint density at radius 2 is 1.84 bits per heavy atom. The van der Waals surface area contributed by atoms with E-state index in [1.165, 1.54) is 11.3 Å². The van der Waals surface area contributed by atoms with Crippen molar-refractivity contribution in [2.45, 2.75) is 6.54 Å². The summed E-state index contributed by atoms with van der Waals surface area (Å²) in [5.74, 6) is 0. The highest BCUT2D eigenvalue weighted by atomic mass is 15.3. The van der Waals surface area contributed by atoms with Crippen LogP contribution < -0.4 is 4.90 Å². The van der Waals surface area contributed by atoms with Gasteiger partial charge in [0.05, 0.1) is 28.9 Å². The fourth-order valence-corrected chi connectivity index (χ4v) is 3.40. The van der Waals surface area contributed by atoms with Gasteiger partial charge in [-0.3, -0.25) is 9.58 Å². The van der Waals surface area contributed by atoms with Crippen LogP contribution in [-0.4, -0.2) is 45.8 Å². The molecule has 0 spiro atoms. The fraction of sp³-hybridized carbons (Fsp3) is 0.316. The lowest BCUT2D eigenvalue weighted by Gasteiger charge is -2.36. The third-order valence-electron chi connectivity index (χ3n) is 4.81. The first-order valence-corrected chi connectivity index (χ1v) is 8.47. The van der Waals surface area contributed by atoms with Gasteiger partial charge in [-0.05, 0) is 23.8 Å². The quantitative estimate of drug-likeness (QED) is 0.735. The van der Waals surface area contributed by atoms with Crippen LogP contribution in [0.15, 0.2) is 42.7 Å². The number of hydrogen-bond donors (Lipinski definition) is 0. The summed E-state index contributed by atoms with van der Waals surface area (Å²) in [6.45, 7) is 4.95. The van der Waals surface area contributed by atoms with Gasteiger partial charge in [-0.15, -0.1) is 0 Å². The van der Waals surface area contributed by atoms with Crippen molar-refractivity contribution in [3.05, 3.63) is 53.9 Å². The van der Waals surface area contributed by atoms with Crippen molar-refractivity contribution in [3.8, 4) is 6.07 Å². The standard InChI is InChI=1S/C19H20N6/c1-23-19-17(13-22-23)18(6-7-21-19)25-10-8-24(9-11-25)14-16-4-2-15(12-20)3-5-16/h2-7,13H,8-11,14H2,1H3. The Labute approximate surface area is 146 Å². The minimum atomic E-state index is 0.715. The molecule has 0 saturated carbocycles. The lowest BCUT2D eigenvalue weighted by Crippen LogP contribution is -2.46. The summed E-state index contributed by atoms with van der Waals surface area (Å²) < 4.78 is 1.82. The molecule has 6 heteroatoms. The largest absolute Gasteiger partial charge is 0.368 e. The fourth-order valence-electron chi connectivity index (χ4n) is 3.40. The van der Waals surface area contributed by atoms with E-state index in [0.717, 1.165) is 43.8 Å². The van der Waals surface area contributed by atoms with E-state index in [1.807, 2.05) is 48.4 Å². The molecule has 0 amide bonds. The summed E-state index contributed by atoms with van der Waals surface area (Å²) in [6.07, 6.45) is 3.77. The van der Waals surface area contributed by atoms with Gasteiger partial charge in [-0.2, -0.15) is 10.4 Å². The van der Waals surface area contributed by atoms with Crippen LogP contribution in [0.2, 0.25) is 0 Å². The van der Waals surface area contributed by atoms with Crippen LogP contribution in [0.1, 0.15) is 11.1 Å². The average Bonchev–Trinajstić information content (AvgIpc) is 3.04. The highest BCUT2D eigenvalue weighted by molar-refractivity contribution is 5.89. The molecule has 2 aromatic heterocycles. The second-order valence-electron chi connectivity index (χ2n) is 6.41. The second kappa shape index (κ2) is 6.54. The van der Waals surface area contributed by atoms with E-state index in [2.05, 4.69) is 32.0 Å². The average molecular weight is 332 g/mol. The molecule has 1 aromatic carbocycles. The third-order valence-corrected chi connectivity index (χ3v) is 4.81. The first kappa shape index (κ1) is 15.6. The molecular formula is C19H20N6. The van der Waals surface area contributed by atoms with Crippen LogP contribution in [0.25, 0.3) is 11.0 Å². The monoisotopic (exact) mass is 332 g/mol. The molecule has 0 aliphatic carbocycles. The first-order valence-electron chi connectivity index (χ1n) is 8.47. The number of nitriles is 1. The van der Waals surface area contributed by atoms with Crippen LogP contribution in [0.5, 0.6) is 0 Å². The number of hydrogen-bond acceptors (Lipinski definition) is 5. The number of aromatic nitrogens is 3. The zero-order valence-electron chi connectivity index (χ0n) is 14.3. The summed E-state index contributed by atoms with van der Waals surface area (Å²) in [5.41, 5.74) is 4.12. The number of nitrogens with zero attached hydrogens (tertiary/aromatic N) is 6. The Kier molecular flexibility index (Phi) is 4.08. The van der Waals surface area contributed by atoms with Crippen molar-refractivity contribution in [2.24, 2.45) is 7.05 Å². The van der Waals surface area contributed by atoms with E-state index < -0.39 is 0 Å². The maximum atomic E-state index is 8.89. The van der Waals surface area contributed by atoms with E-state index in [9.17, 15) is 0 Å². The molecular weight excluding hydrogens is 312 g/mol. The van der Waals surface area contributed by atoms with Gasteiger partial charge in [0, 0.05) is 46.0 Å². The van der Waals surface area contributed by atoms with Crippen molar-refractivity contribution in [2.75, 3.05) is 31.1 Å². The summed E-state index contributed by atoms with van der Waals surface area (Å²) in [5, 5.41) is 14.3. The minimum absolute atomic E-state index is 0.715. The summed E-state index contributed by atoms with van der Waals surface area (Å²) in [4.78, 5) is 9.30. The zero-order valence-corrected chi connectivity index (χ0v) is 14.3. The lowest BCUT2D eigenvalue weighted by molar-refractivity contribution is 0.250. The lowest BCUT2D eigenvalue weighted by atomic mass is 10.1. The Balaban J connectivity index is 1.43. The number of fused-ring (bicyclic) bond motifs is 1. The summed E-state index contributed by atoms with van der Waals surface area (Å²) in [7, 11) is 1.93. The molecule has 0 N–H and O–H groups in total. The molecule has 0 atom stereocenters. The molecule has 3 aromatic rings. The van der Waals surface area contributed by atoms with Gasteiger partial charge in [0.15, 0.2) is 5.65 Å². The highest BCUT2D eigenvalue weighted by Gasteiger charge is 2.19. The summed E-state index contributed by atoms with van der Waals surface area (Å²) in [6, 6.07) is 12.1. The molecule has 1 aliphatic heterocycles. The SMILES string of the molecule is Cn1ncc2c(N3CCN(Cc4ccc(C#N)cc4)CC3)ccnc21. The molecule has 0 radical (unpaired) electrons. The Morgan fingerprint density at radius 3 is 2.56 bits per heavy atom. The van der Waals surface area contributed by atoms with Gasteiger partial charge >= 0.3 is 0 Å². The minimum Gasteiger partial charge on any atom is -0.368 e. The normalized spacial score (nSPS) is 15.4. The van der Waals surface area contributed by atoms with Crippen LogP contribution in [0.4, 0.5) is 5.69 Å². The maximum absolute atomic E-state index is 8.89. The highest BCUT2D eigenvalue weighted by Crippen LogP contribution is 2.25. The molecule has 0 bridgehead atoms. The number of aryl methyl sites for hydroxylation is 1. The van der Waals surface area contributed by atoms with Gasteiger partial charge in [-0.25, -0.2) is 4.98 Å². The third kappa shape index (κ3) is 3.06. The number of rotatable bonds is 3. The van der Waals surface area contributed by atoms with E-state index in [-0.39, 0.29) is 0 Å². The van der Waals surface area contributed by atoms with Gasteiger partial charge in [0.1, 0.15) is 0 Å². The second-order valence-corrected chi connectivity index (χ2v) is 6.41. The zero-order chi connectivity index (χ0) is 17.2. The van der Waals surface area contributed by atoms with Gasteiger partial charge in [-0.1, -0.05) is 12.1 Å². The van der Waals surface area contributed by atoms with Crippen molar-refractivity contribution in [3.63, 3.8) is 0 Å². The molecule has 4 rings (SSSR count). The Bertz CT molecular complexity index is 913. The molecule has 1 aliphatic rings. The molecule has 6 nitrogen and oxygen atoms in total. The predicted molar refractivity (Wildman–Crippen MR) is 97.2 cm³/mol. The van der Waals surface area contributed by atoms with E-state index in [0.29, 0.717) is 5.56 Å². The van der Waals surface area contributed by atoms with Crippen LogP contribution in [-0.2, 0) is 13.6 Å². The van der Waals surface area contributed by atoms with Crippen LogP contribution in [0, 0.1) is 11.3 Å². The number of pyridine rings is 1. The predicted octanol–water partition coefficient (Wildman–Crippen LogP) is 2.16. The van der Waals surface area contributed by atoms with Crippen molar-refractivity contribution >= 4 is 16.7 Å². The molecule has 3 heterocycles. The summed E-state index contributed by atoms with van der Waals surface area (Å²) >= 11 is 0.